The Morgan fingerprint density at radius 2 is 2.00 bits per heavy atom. The molecular formula is C20H23ClN2. The zero-order chi connectivity index (χ0) is 16.2. The third-order valence-corrected chi connectivity index (χ3v) is 4.52. The van der Waals surface area contributed by atoms with E-state index in [-0.39, 0.29) is 0 Å². The Labute approximate surface area is 143 Å². The van der Waals surface area contributed by atoms with Crippen molar-refractivity contribution in [1.29, 1.82) is 0 Å². The molecule has 0 aliphatic carbocycles. The Morgan fingerprint density at radius 1 is 1.13 bits per heavy atom. The van der Waals surface area contributed by atoms with E-state index in [1.807, 2.05) is 19.2 Å². The first-order valence-electron chi connectivity index (χ1n) is 8.36. The molecule has 2 nitrogen and oxygen atoms in total. The fourth-order valence-corrected chi connectivity index (χ4v) is 3.27. The lowest BCUT2D eigenvalue weighted by atomic mass is 10.1. The molecule has 23 heavy (non-hydrogen) atoms. The Bertz CT molecular complexity index is 787. The normalized spacial score (nSPS) is 11.3. The van der Waals surface area contributed by atoms with Gasteiger partial charge in [0.25, 0.3) is 0 Å². The van der Waals surface area contributed by atoms with Crippen LogP contribution in [0.5, 0.6) is 0 Å². The number of aryl methyl sites for hydroxylation is 4. The molecule has 2 aromatic heterocycles. The van der Waals surface area contributed by atoms with E-state index >= 15 is 0 Å². The van der Waals surface area contributed by atoms with E-state index in [9.17, 15) is 0 Å². The standard InChI is InChI=1S/C20H23ClN2/c1-3-5-17-14-23(20-10-9-18(21)12-19(17)20)11-4-6-16-8-7-15(2)22-13-16/h7-10,12-14H,3-6,11H2,1-2H3. The smallest absolute Gasteiger partial charge is 0.0484 e. The summed E-state index contributed by atoms with van der Waals surface area (Å²) < 4.78 is 2.37. The van der Waals surface area contributed by atoms with Crippen LogP contribution in [-0.2, 0) is 19.4 Å². The number of halogens is 1. The molecule has 0 radical (unpaired) electrons. The van der Waals surface area contributed by atoms with Crippen LogP contribution >= 0.6 is 11.6 Å². The number of hydrogen-bond donors (Lipinski definition) is 0. The summed E-state index contributed by atoms with van der Waals surface area (Å²) in [5.41, 5.74) is 5.08. The second kappa shape index (κ2) is 7.18. The van der Waals surface area contributed by atoms with Gasteiger partial charge in [0.1, 0.15) is 0 Å². The van der Waals surface area contributed by atoms with Gasteiger partial charge in [-0.05, 0) is 61.6 Å². The van der Waals surface area contributed by atoms with E-state index < -0.39 is 0 Å². The Kier molecular flexibility index (Phi) is 5.02. The van der Waals surface area contributed by atoms with Crippen molar-refractivity contribution in [1.82, 2.24) is 9.55 Å². The molecule has 0 atom stereocenters. The summed E-state index contributed by atoms with van der Waals surface area (Å²) >= 11 is 6.18. The first-order chi connectivity index (χ1) is 11.2. The monoisotopic (exact) mass is 326 g/mol. The van der Waals surface area contributed by atoms with Crippen LogP contribution in [0, 0.1) is 6.92 Å². The van der Waals surface area contributed by atoms with Gasteiger partial charge in [-0.25, -0.2) is 0 Å². The van der Waals surface area contributed by atoms with Gasteiger partial charge in [0.05, 0.1) is 0 Å². The highest BCUT2D eigenvalue weighted by Gasteiger charge is 2.08. The molecule has 0 aliphatic rings. The second-order valence-corrected chi connectivity index (χ2v) is 6.61. The van der Waals surface area contributed by atoms with Gasteiger partial charge >= 0.3 is 0 Å². The van der Waals surface area contributed by atoms with E-state index in [1.165, 1.54) is 22.0 Å². The molecule has 2 heterocycles. The molecule has 3 heteroatoms. The minimum Gasteiger partial charge on any atom is -0.347 e. The summed E-state index contributed by atoms with van der Waals surface area (Å²) in [6, 6.07) is 10.5. The van der Waals surface area contributed by atoms with Crippen LogP contribution in [0.3, 0.4) is 0 Å². The molecule has 0 bridgehead atoms. The van der Waals surface area contributed by atoms with Gasteiger partial charge in [0, 0.05) is 40.6 Å². The maximum atomic E-state index is 6.18. The largest absolute Gasteiger partial charge is 0.347 e. The van der Waals surface area contributed by atoms with Crippen molar-refractivity contribution < 1.29 is 0 Å². The minimum absolute atomic E-state index is 0.818. The van der Waals surface area contributed by atoms with Gasteiger partial charge in [-0.1, -0.05) is 31.0 Å². The van der Waals surface area contributed by atoms with Gasteiger partial charge < -0.3 is 4.57 Å². The number of aromatic nitrogens is 2. The zero-order valence-electron chi connectivity index (χ0n) is 13.8. The van der Waals surface area contributed by atoms with Crippen molar-refractivity contribution in [2.24, 2.45) is 0 Å². The molecule has 0 aliphatic heterocycles. The number of nitrogens with zero attached hydrogens (tertiary/aromatic N) is 2. The third-order valence-electron chi connectivity index (χ3n) is 4.28. The van der Waals surface area contributed by atoms with Crippen molar-refractivity contribution in [3.8, 4) is 0 Å². The lowest BCUT2D eigenvalue weighted by Gasteiger charge is -2.06. The van der Waals surface area contributed by atoms with Gasteiger partial charge in [-0.15, -0.1) is 0 Å². The van der Waals surface area contributed by atoms with Crippen molar-refractivity contribution in [3.05, 3.63) is 64.6 Å². The van der Waals surface area contributed by atoms with Crippen molar-refractivity contribution in [2.75, 3.05) is 0 Å². The molecule has 0 saturated carbocycles. The van der Waals surface area contributed by atoms with Crippen LogP contribution in [0.2, 0.25) is 5.02 Å². The average molecular weight is 327 g/mol. The summed E-state index contributed by atoms with van der Waals surface area (Å²) in [5, 5.41) is 2.12. The average Bonchev–Trinajstić information content (AvgIpc) is 2.87. The van der Waals surface area contributed by atoms with Crippen molar-refractivity contribution in [3.63, 3.8) is 0 Å². The highest BCUT2D eigenvalue weighted by molar-refractivity contribution is 6.31. The lowest BCUT2D eigenvalue weighted by Crippen LogP contribution is -1.98. The Morgan fingerprint density at radius 3 is 2.74 bits per heavy atom. The summed E-state index contributed by atoms with van der Waals surface area (Å²) in [4.78, 5) is 4.37. The number of hydrogen-bond acceptors (Lipinski definition) is 1. The van der Waals surface area contributed by atoms with Crippen LogP contribution in [0.25, 0.3) is 10.9 Å². The van der Waals surface area contributed by atoms with Crippen LogP contribution in [0.4, 0.5) is 0 Å². The van der Waals surface area contributed by atoms with E-state index in [0.717, 1.165) is 42.9 Å². The number of rotatable bonds is 6. The molecule has 0 saturated heterocycles. The quantitative estimate of drug-likeness (QED) is 0.578. The van der Waals surface area contributed by atoms with Crippen LogP contribution < -0.4 is 0 Å². The fourth-order valence-electron chi connectivity index (χ4n) is 3.10. The Hall–Kier alpha value is -1.80. The predicted molar refractivity (Wildman–Crippen MR) is 98.2 cm³/mol. The Balaban J connectivity index is 1.75. The van der Waals surface area contributed by atoms with Crippen LogP contribution in [-0.4, -0.2) is 9.55 Å². The number of fused-ring (bicyclic) bond motifs is 1. The summed E-state index contributed by atoms with van der Waals surface area (Å²) in [6.07, 6.45) is 8.72. The maximum absolute atomic E-state index is 6.18. The first kappa shape index (κ1) is 16.1. The van der Waals surface area contributed by atoms with Gasteiger partial charge in [-0.2, -0.15) is 0 Å². The summed E-state index contributed by atoms with van der Waals surface area (Å²) in [6.45, 7) is 5.27. The van der Waals surface area contributed by atoms with Crippen LogP contribution in [0.1, 0.15) is 36.6 Å². The molecule has 0 unspecified atom stereocenters. The molecule has 1 aromatic carbocycles. The van der Waals surface area contributed by atoms with E-state index in [1.54, 1.807) is 0 Å². The molecule has 0 N–H and O–H groups in total. The molecule has 120 valence electrons. The highest BCUT2D eigenvalue weighted by atomic mass is 35.5. The van der Waals surface area contributed by atoms with Gasteiger partial charge in [0.2, 0.25) is 0 Å². The summed E-state index contributed by atoms with van der Waals surface area (Å²) in [5.74, 6) is 0. The first-order valence-corrected chi connectivity index (χ1v) is 8.74. The van der Waals surface area contributed by atoms with E-state index in [4.69, 9.17) is 11.6 Å². The SMILES string of the molecule is CCCc1cn(CCCc2ccc(C)nc2)c2ccc(Cl)cc12. The van der Waals surface area contributed by atoms with Crippen molar-refractivity contribution >= 4 is 22.5 Å². The topological polar surface area (TPSA) is 17.8 Å². The third kappa shape index (κ3) is 3.76. The molecule has 0 amide bonds. The predicted octanol–water partition coefficient (Wildman–Crippen LogP) is 5.58. The fraction of sp³-hybridized carbons (Fsp3) is 0.350. The van der Waals surface area contributed by atoms with E-state index in [0.29, 0.717) is 0 Å². The van der Waals surface area contributed by atoms with Crippen LogP contribution in [0.15, 0.2) is 42.7 Å². The maximum Gasteiger partial charge on any atom is 0.0484 e. The minimum atomic E-state index is 0.818. The zero-order valence-corrected chi connectivity index (χ0v) is 14.6. The molecule has 3 aromatic rings. The van der Waals surface area contributed by atoms with E-state index in [2.05, 4.69) is 46.9 Å². The molecule has 3 rings (SSSR count). The molecular weight excluding hydrogens is 304 g/mol. The van der Waals surface area contributed by atoms with Gasteiger partial charge in [-0.3, -0.25) is 4.98 Å². The second-order valence-electron chi connectivity index (χ2n) is 6.17. The number of benzene rings is 1. The number of pyridine rings is 1. The lowest BCUT2D eigenvalue weighted by molar-refractivity contribution is 0.658. The molecule has 0 spiro atoms. The van der Waals surface area contributed by atoms with Gasteiger partial charge in [0.15, 0.2) is 0 Å². The summed E-state index contributed by atoms with van der Waals surface area (Å²) in [7, 11) is 0. The highest BCUT2D eigenvalue weighted by Crippen LogP contribution is 2.26. The molecule has 0 fully saturated rings. The van der Waals surface area contributed by atoms with Crippen molar-refractivity contribution in [2.45, 2.75) is 46.1 Å².